The summed E-state index contributed by atoms with van der Waals surface area (Å²) >= 11 is 1.49. The van der Waals surface area contributed by atoms with Crippen LogP contribution < -0.4 is 10.5 Å². The van der Waals surface area contributed by atoms with Gasteiger partial charge in [0.2, 0.25) is 0 Å². The summed E-state index contributed by atoms with van der Waals surface area (Å²) < 4.78 is 14.0. The van der Waals surface area contributed by atoms with E-state index in [9.17, 15) is 10.3 Å². The van der Waals surface area contributed by atoms with E-state index in [0.29, 0.717) is 17.3 Å². The van der Waals surface area contributed by atoms with Gasteiger partial charge < -0.3 is 25.5 Å². The minimum Gasteiger partial charge on any atom is -0.618 e. The van der Waals surface area contributed by atoms with Gasteiger partial charge in [-0.05, 0) is 33.9 Å². The van der Waals surface area contributed by atoms with Crippen LogP contribution in [-0.2, 0) is 22.6 Å². The lowest BCUT2D eigenvalue weighted by Crippen LogP contribution is -2.39. The Morgan fingerprint density at radius 2 is 1.61 bits per heavy atom. The van der Waals surface area contributed by atoms with Gasteiger partial charge in [-0.15, -0.1) is 0 Å². The van der Waals surface area contributed by atoms with E-state index in [4.69, 9.17) is 15.2 Å². The zero-order chi connectivity index (χ0) is 26.5. The first-order valence-corrected chi connectivity index (χ1v) is 13.8. The Morgan fingerprint density at radius 1 is 0.895 bits per heavy atom. The normalized spacial score (nSPS) is 21.3. The molecule has 3 N–H and O–H groups in total. The molecule has 0 amide bonds. The van der Waals surface area contributed by atoms with Crippen LogP contribution >= 0.6 is 11.8 Å². The number of thioether (sulfide) groups is 1. The fourth-order valence-electron chi connectivity index (χ4n) is 4.80. The number of benzene rings is 3. The first-order chi connectivity index (χ1) is 18.6. The fraction of sp³-hybridized carbons (Fsp3) is 0.258. The molecule has 3 aromatic carbocycles. The van der Waals surface area contributed by atoms with E-state index in [2.05, 4.69) is 25.1 Å². The summed E-state index contributed by atoms with van der Waals surface area (Å²) in [5.74, 6) is 0.652. The molecular weight excluding hydrogens is 496 g/mol. The number of hydrogen-bond donors (Lipinski definition) is 2. The maximum atomic E-state index is 12.2. The molecular formula is C31H32N2O4S. The summed E-state index contributed by atoms with van der Waals surface area (Å²) in [4.78, 5) is 0. The average molecular weight is 529 g/mol. The molecule has 1 aliphatic rings. The molecule has 5 rings (SSSR count). The van der Waals surface area contributed by atoms with Crippen LogP contribution in [0.25, 0.3) is 11.1 Å². The number of ether oxygens (including phenoxy) is 2. The Hall–Kier alpha value is -3.20. The van der Waals surface area contributed by atoms with Gasteiger partial charge in [0.1, 0.15) is 0 Å². The maximum Gasteiger partial charge on any atom is 0.251 e. The molecule has 1 fully saturated rings. The summed E-state index contributed by atoms with van der Waals surface area (Å²) in [6, 6.07) is 29.7. The van der Waals surface area contributed by atoms with Gasteiger partial charge in [0, 0.05) is 35.9 Å². The van der Waals surface area contributed by atoms with Crippen LogP contribution in [0.1, 0.15) is 41.6 Å². The molecule has 1 saturated heterocycles. The second-order valence-corrected chi connectivity index (χ2v) is 10.5. The highest BCUT2D eigenvalue weighted by atomic mass is 32.2. The first-order valence-electron chi connectivity index (χ1n) is 12.8. The van der Waals surface area contributed by atoms with Gasteiger partial charge in [-0.1, -0.05) is 91.5 Å². The van der Waals surface area contributed by atoms with Crippen LogP contribution in [0, 0.1) is 11.1 Å². The minimum atomic E-state index is -0.562. The molecule has 0 spiro atoms. The Morgan fingerprint density at radius 3 is 2.32 bits per heavy atom. The van der Waals surface area contributed by atoms with Gasteiger partial charge in [0.15, 0.2) is 12.5 Å². The third-order valence-electron chi connectivity index (χ3n) is 7.04. The van der Waals surface area contributed by atoms with E-state index in [1.807, 2.05) is 66.7 Å². The second-order valence-electron chi connectivity index (χ2n) is 9.48. The van der Waals surface area contributed by atoms with Gasteiger partial charge in [-0.2, -0.15) is 4.73 Å². The zero-order valence-corrected chi connectivity index (χ0v) is 22.1. The number of pyridine rings is 1. The van der Waals surface area contributed by atoms with Crippen LogP contribution in [-0.4, -0.2) is 17.0 Å². The molecule has 196 valence electrons. The van der Waals surface area contributed by atoms with Crippen molar-refractivity contribution in [3.05, 3.63) is 125 Å². The van der Waals surface area contributed by atoms with Crippen LogP contribution in [0.4, 0.5) is 0 Å². The van der Waals surface area contributed by atoms with E-state index in [-0.39, 0.29) is 24.7 Å². The van der Waals surface area contributed by atoms with Crippen molar-refractivity contribution in [3.8, 4) is 11.1 Å². The quantitative estimate of drug-likeness (QED) is 0.178. The smallest absolute Gasteiger partial charge is 0.251 e. The Bertz CT molecular complexity index is 1350. The number of aliphatic hydroxyl groups excluding tert-OH is 1. The average Bonchev–Trinajstić information content (AvgIpc) is 2.97. The number of nitrogens with two attached hydrogens (primary N) is 1. The van der Waals surface area contributed by atoms with Gasteiger partial charge in [-0.25, -0.2) is 0 Å². The van der Waals surface area contributed by atoms with Crippen molar-refractivity contribution in [1.29, 1.82) is 0 Å². The molecule has 4 unspecified atom stereocenters. The SMILES string of the molecule is CC1C(CSc2cccc[n+]2[O-])OC(c2ccc(-c3ccccc3CN)cc2)OC1c1ccc(CO)cc1. The minimum absolute atomic E-state index is 0.00172. The molecule has 4 aromatic rings. The molecule has 0 radical (unpaired) electrons. The van der Waals surface area contributed by atoms with Crippen molar-refractivity contribution in [2.24, 2.45) is 11.7 Å². The van der Waals surface area contributed by atoms with Crippen molar-refractivity contribution >= 4 is 11.8 Å². The summed E-state index contributed by atoms with van der Waals surface area (Å²) in [6.45, 7) is 2.60. The van der Waals surface area contributed by atoms with Gasteiger partial charge >= 0.3 is 0 Å². The predicted octanol–water partition coefficient (Wildman–Crippen LogP) is 5.52. The Labute approximate surface area is 227 Å². The van der Waals surface area contributed by atoms with Crippen LogP contribution in [0.15, 0.2) is 102 Å². The van der Waals surface area contributed by atoms with Crippen LogP contribution in [0.3, 0.4) is 0 Å². The first kappa shape index (κ1) is 26.4. The standard InChI is InChI=1S/C31H32N2O4S/c1-21-28(20-38-29-8-4-5-17-33(29)35)36-31(37-30(21)24-11-9-22(19-34)10-12-24)25-15-13-23(14-16-25)27-7-3-2-6-26(27)18-32/h2-17,21,28,30-31,34H,18-20,32H2,1H3. The van der Waals surface area contributed by atoms with Crippen molar-refractivity contribution in [2.45, 2.75) is 43.6 Å². The molecule has 38 heavy (non-hydrogen) atoms. The lowest BCUT2D eigenvalue weighted by atomic mass is 9.91. The lowest BCUT2D eigenvalue weighted by molar-refractivity contribution is -0.645. The zero-order valence-electron chi connectivity index (χ0n) is 21.3. The molecule has 4 atom stereocenters. The summed E-state index contributed by atoms with van der Waals surface area (Å²) in [5.41, 5.74) is 12.1. The van der Waals surface area contributed by atoms with Crippen LogP contribution in [0.2, 0.25) is 0 Å². The van der Waals surface area contributed by atoms with Crippen LogP contribution in [0.5, 0.6) is 0 Å². The van der Waals surface area contributed by atoms with Gasteiger partial charge in [0.05, 0.1) is 18.8 Å². The number of hydrogen-bond acceptors (Lipinski definition) is 6. The van der Waals surface area contributed by atoms with E-state index >= 15 is 0 Å². The Kier molecular flexibility index (Phi) is 8.42. The molecule has 0 bridgehead atoms. The third-order valence-corrected chi connectivity index (χ3v) is 8.15. The monoisotopic (exact) mass is 528 g/mol. The Balaban J connectivity index is 1.41. The largest absolute Gasteiger partial charge is 0.618 e. The topological polar surface area (TPSA) is 91.7 Å². The van der Waals surface area contributed by atoms with Crippen molar-refractivity contribution < 1.29 is 19.3 Å². The summed E-state index contributed by atoms with van der Waals surface area (Å²) in [7, 11) is 0. The lowest BCUT2D eigenvalue weighted by Gasteiger charge is -2.41. The fourth-order valence-corrected chi connectivity index (χ4v) is 5.88. The molecule has 0 aliphatic carbocycles. The van der Waals surface area contributed by atoms with Crippen molar-refractivity contribution in [3.63, 3.8) is 0 Å². The van der Waals surface area contributed by atoms with E-state index in [1.165, 1.54) is 18.0 Å². The highest BCUT2D eigenvalue weighted by molar-refractivity contribution is 7.99. The number of rotatable bonds is 8. The van der Waals surface area contributed by atoms with Crippen molar-refractivity contribution in [1.82, 2.24) is 0 Å². The molecule has 7 heteroatoms. The molecule has 1 aromatic heterocycles. The van der Waals surface area contributed by atoms with E-state index < -0.39 is 6.29 Å². The molecule has 6 nitrogen and oxygen atoms in total. The van der Waals surface area contributed by atoms with Gasteiger partial charge in [0.25, 0.3) is 5.03 Å². The van der Waals surface area contributed by atoms with E-state index in [0.717, 1.165) is 38.1 Å². The third kappa shape index (κ3) is 5.77. The summed E-state index contributed by atoms with van der Waals surface area (Å²) in [5, 5.41) is 22.3. The second kappa shape index (κ2) is 12.1. The summed E-state index contributed by atoms with van der Waals surface area (Å²) in [6.07, 6.45) is 0.585. The highest BCUT2D eigenvalue weighted by Gasteiger charge is 2.38. The molecule has 1 aliphatic heterocycles. The molecule has 2 heterocycles. The highest BCUT2D eigenvalue weighted by Crippen LogP contribution is 2.43. The predicted molar refractivity (Wildman–Crippen MR) is 149 cm³/mol. The maximum absolute atomic E-state index is 12.2. The molecule has 0 saturated carbocycles. The number of aromatic nitrogens is 1. The number of aliphatic hydroxyl groups is 1. The van der Waals surface area contributed by atoms with E-state index in [1.54, 1.807) is 6.07 Å². The number of nitrogens with zero attached hydrogens (tertiary/aromatic N) is 1. The van der Waals surface area contributed by atoms with Gasteiger partial charge in [-0.3, -0.25) is 0 Å². The van der Waals surface area contributed by atoms with Crippen molar-refractivity contribution in [2.75, 3.05) is 5.75 Å².